The molecule has 0 saturated heterocycles. The van der Waals surface area contributed by atoms with Crippen molar-refractivity contribution in [2.75, 3.05) is 4.90 Å². The summed E-state index contributed by atoms with van der Waals surface area (Å²) in [4.78, 5) is 22.0. The third-order valence-electron chi connectivity index (χ3n) is 4.29. The summed E-state index contributed by atoms with van der Waals surface area (Å²) in [5.41, 5.74) is 2.69. The molecule has 0 bridgehead atoms. The Kier molecular flexibility index (Phi) is 3.79. The van der Waals surface area contributed by atoms with Gasteiger partial charge in [-0.05, 0) is 30.2 Å². The quantitative estimate of drug-likeness (QED) is 0.719. The smallest absolute Gasteiger partial charge is 0.423 e. The van der Waals surface area contributed by atoms with Crippen LogP contribution in [0.4, 0.5) is 14.5 Å². The van der Waals surface area contributed by atoms with E-state index in [4.69, 9.17) is 4.74 Å². The summed E-state index contributed by atoms with van der Waals surface area (Å²) in [5, 5.41) is 0. The highest BCUT2D eigenvalue weighted by Gasteiger charge is 2.51. The molecule has 0 saturated carbocycles. The Morgan fingerprint density at radius 2 is 1.88 bits per heavy atom. The van der Waals surface area contributed by atoms with Gasteiger partial charge in [0.05, 0.1) is 35.2 Å². The van der Waals surface area contributed by atoms with Gasteiger partial charge in [-0.1, -0.05) is 31.2 Å². The number of hydrogen-bond donors (Lipinski definition) is 0. The Balaban J connectivity index is 1.78. The van der Waals surface area contributed by atoms with Gasteiger partial charge in [0.2, 0.25) is 0 Å². The number of alkyl halides is 2. The number of carbonyl (C=O) groups is 1. The van der Waals surface area contributed by atoms with E-state index in [2.05, 4.69) is 9.97 Å². The predicted octanol–water partition coefficient (Wildman–Crippen LogP) is 3.71. The molecule has 0 spiro atoms. The van der Waals surface area contributed by atoms with E-state index in [1.165, 1.54) is 6.20 Å². The largest absolute Gasteiger partial charge is 0.483 e. The minimum atomic E-state index is -3.91. The van der Waals surface area contributed by atoms with E-state index in [-0.39, 0.29) is 12.3 Å². The minimum absolute atomic E-state index is 0.0355. The Labute approximate surface area is 148 Å². The maximum atomic E-state index is 14.1. The van der Waals surface area contributed by atoms with Crippen LogP contribution in [-0.4, -0.2) is 22.0 Å². The number of halogens is 2. The molecule has 0 radical (unpaired) electrons. The van der Waals surface area contributed by atoms with Gasteiger partial charge in [-0.25, -0.2) is 4.98 Å². The summed E-state index contributed by atoms with van der Waals surface area (Å²) in [6, 6.07) is 12.3. The Morgan fingerprint density at radius 3 is 2.65 bits per heavy atom. The van der Waals surface area contributed by atoms with Gasteiger partial charge in [-0.15, -0.1) is 0 Å². The molecule has 1 aliphatic heterocycles. The van der Waals surface area contributed by atoms with Crippen LogP contribution in [0.25, 0.3) is 11.0 Å². The predicted molar refractivity (Wildman–Crippen MR) is 92.1 cm³/mol. The second kappa shape index (κ2) is 6.01. The van der Waals surface area contributed by atoms with Crippen LogP contribution in [0, 0.1) is 0 Å². The van der Waals surface area contributed by atoms with Gasteiger partial charge >= 0.3 is 12.0 Å². The maximum Gasteiger partial charge on any atom is 0.483 e. The molecular formula is C19H15F2N3O2. The number of fused-ring (bicyclic) bond motifs is 2. The van der Waals surface area contributed by atoms with Gasteiger partial charge in [0.15, 0.2) is 5.75 Å². The molecule has 2 heterocycles. The molecule has 0 fully saturated rings. The molecule has 0 atom stereocenters. The number of amides is 1. The molecule has 4 rings (SSSR count). The topological polar surface area (TPSA) is 55.3 Å². The monoisotopic (exact) mass is 355 g/mol. The second-order valence-electron chi connectivity index (χ2n) is 5.98. The SMILES string of the molecule is CCc1cccc2c1OC(F)(F)C(=O)N2Cc1cnc2ccccc2n1. The lowest BCUT2D eigenvalue weighted by atomic mass is 10.1. The molecule has 7 heteroatoms. The molecule has 132 valence electrons. The van der Waals surface area contributed by atoms with Gasteiger partial charge in [-0.2, -0.15) is 8.78 Å². The fourth-order valence-corrected chi connectivity index (χ4v) is 3.01. The number of para-hydroxylation sites is 3. The maximum absolute atomic E-state index is 14.1. The number of hydrogen-bond acceptors (Lipinski definition) is 4. The number of aryl methyl sites for hydroxylation is 1. The van der Waals surface area contributed by atoms with Crippen molar-refractivity contribution in [3.8, 4) is 5.75 Å². The lowest BCUT2D eigenvalue weighted by molar-refractivity contribution is -0.193. The van der Waals surface area contributed by atoms with E-state index in [9.17, 15) is 13.6 Å². The summed E-state index contributed by atoms with van der Waals surface area (Å²) in [5.74, 6) is -1.37. The second-order valence-corrected chi connectivity index (χ2v) is 5.98. The van der Waals surface area contributed by atoms with Gasteiger partial charge in [-0.3, -0.25) is 14.7 Å². The Bertz CT molecular complexity index is 1010. The van der Waals surface area contributed by atoms with Gasteiger partial charge in [0.1, 0.15) is 0 Å². The fourth-order valence-electron chi connectivity index (χ4n) is 3.01. The van der Waals surface area contributed by atoms with Crippen LogP contribution in [0.2, 0.25) is 0 Å². The summed E-state index contributed by atoms with van der Waals surface area (Å²) < 4.78 is 33.0. The summed E-state index contributed by atoms with van der Waals surface area (Å²) in [6.07, 6.45) is -1.91. The number of nitrogens with zero attached hydrogens (tertiary/aromatic N) is 3. The molecule has 1 aliphatic rings. The Hall–Kier alpha value is -3.09. The first-order valence-corrected chi connectivity index (χ1v) is 8.21. The third kappa shape index (κ3) is 2.65. The summed E-state index contributed by atoms with van der Waals surface area (Å²) in [7, 11) is 0. The summed E-state index contributed by atoms with van der Waals surface area (Å²) >= 11 is 0. The van der Waals surface area contributed by atoms with Gasteiger partial charge < -0.3 is 4.74 Å². The first kappa shape index (κ1) is 16.4. The number of anilines is 1. The van der Waals surface area contributed by atoms with Crippen molar-refractivity contribution in [1.82, 2.24) is 9.97 Å². The molecule has 26 heavy (non-hydrogen) atoms. The highest BCUT2D eigenvalue weighted by molar-refractivity contribution is 6.01. The van der Waals surface area contributed by atoms with Crippen molar-refractivity contribution in [2.24, 2.45) is 0 Å². The average molecular weight is 355 g/mol. The third-order valence-corrected chi connectivity index (χ3v) is 4.29. The zero-order valence-corrected chi connectivity index (χ0v) is 13.9. The number of aromatic nitrogens is 2. The van der Waals surface area contributed by atoms with Crippen molar-refractivity contribution < 1.29 is 18.3 Å². The molecule has 1 aromatic heterocycles. The molecular weight excluding hydrogens is 340 g/mol. The van der Waals surface area contributed by atoms with Crippen LogP contribution in [0.1, 0.15) is 18.2 Å². The van der Waals surface area contributed by atoms with Crippen LogP contribution in [0.5, 0.6) is 5.75 Å². The van der Waals surface area contributed by atoms with E-state index in [1.54, 1.807) is 24.3 Å². The van der Waals surface area contributed by atoms with Crippen LogP contribution >= 0.6 is 0 Å². The molecule has 3 aromatic rings. The minimum Gasteiger partial charge on any atom is -0.423 e. The summed E-state index contributed by atoms with van der Waals surface area (Å²) in [6.45, 7) is 1.72. The molecule has 1 amide bonds. The normalized spacial score (nSPS) is 15.7. The highest BCUT2D eigenvalue weighted by atomic mass is 19.3. The van der Waals surface area contributed by atoms with Crippen LogP contribution in [-0.2, 0) is 17.8 Å². The number of ether oxygens (including phenoxy) is 1. The standard InChI is InChI=1S/C19H15F2N3O2/c1-2-12-6-5-9-16-17(12)26-19(20,21)18(25)24(16)11-13-10-22-14-7-3-4-8-15(14)23-13/h3-10H,2,11H2,1H3. The van der Waals surface area contributed by atoms with E-state index in [0.29, 0.717) is 34.4 Å². The van der Waals surface area contributed by atoms with Crippen molar-refractivity contribution in [2.45, 2.75) is 26.0 Å². The lowest BCUT2D eigenvalue weighted by Crippen LogP contribution is -2.50. The molecule has 0 aliphatic carbocycles. The molecule has 5 nitrogen and oxygen atoms in total. The number of carbonyl (C=O) groups excluding carboxylic acids is 1. The first-order chi connectivity index (χ1) is 12.5. The zero-order chi connectivity index (χ0) is 18.3. The van der Waals surface area contributed by atoms with Crippen molar-refractivity contribution in [3.63, 3.8) is 0 Å². The van der Waals surface area contributed by atoms with Crippen molar-refractivity contribution in [1.29, 1.82) is 0 Å². The van der Waals surface area contributed by atoms with Crippen molar-refractivity contribution in [3.05, 3.63) is 59.9 Å². The van der Waals surface area contributed by atoms with Gasteiger partial charge in [0.25, 0.3) is 0 Å². The van der Waals surface area contributed by atoms with E-state index >= 15 is 0 Å². The number of benzene rings is 2. The van der Waals surface area contributed by atoms with Gasteiger partial charge in [0, 0.05) is 0 Å². The number of rotatable bonds is 3. The van der Waals surface area contributed by atoms with Crippen LogP contribution in [0.15, 0.2) is 48.7 Å². The Morgan fingerprint density at radius 1 is 1.12 bits per heavy atom. The van der Waals surface area contributed by atoms with E-state index < -0.39 is 12.0 Å². The van der Waals surface area contributed by atoms with Crippen molar-refractivity contribution >= 4 is 22.6 Å². The van der Waals surface area contributed by atoms with Crippen LogP contribution < -0.4 is 9.64 Å². The van der Waals surface area contributed by atoms with E-state index in [0.717, 1.165) is 4.90 Å². The van der Waals surface area contributed by atoms with E-state index in [1.807, 2.05) is 25.1 Å². The fraction of sp³-hybridized carbons (Fsp3) is 0.211. The highest BCUT2D eigenvalue weighted by Crippen LogP contribution is 2.42. The van der Waals surface area contributed by atoms with Crippen LogP contribution in [0.3, 0.4) is 0 Å². The average Bonchev–Trinajstić information content (AvgIpc) is 2.64. The zero-order valence-electron chi connectivity index (χ0n) is 13.9. The lowest BCUT2D eigenvalue weighted by Gasteiger charge is -2.34. The molecule has 0 N–H and O–H groups in total. The molecule has 0 unspecified atom stereocenters. The molecule has 2 aromatic carbocycles. The first-order valence-electron chi connectivity index (χ1n) is 8.21.